The van der Waals surface area contributed by atoms with Crippen LogP contribution in [0.1, 0.15) is 20.9 Å². The Balaban J connectivity index is 1.60. The molecule has 8 heteroatoms. The summed E-state index contributed by atoms with van der Waals surface area (Å²) in [6, 6.07) is 7.75. The van der Waals surface area contributed by atoms with Gasteiger partial charge in [-0.3, -0.25) is 14.9 Å². The van der Waals surface area contributed by atoms with Gasteiger partial charge >= 0.3 is 0 Å². The molecule has 25 heavy (non-hydrogen) atoms. The number of hydrogen-bond donors (Lipinski definition) is 2. The molecule has 2 amide bonds. The zero-order valence-corrected chi connectivity index (χ0v) is 14.8. The quantitative estimate of drug-likeness (QED) is 0.706. The smallest absolute Gasteiger partial charge is 0.267 e. The Morgan fingerprint density at radius 2 is 2.04 bits per heavy atom. The molecule has 0 unspecified atom stereocenters. The summed E-state index contributed by atoms with van der Waals surface area (Å²) in [5.74, 6) is -0.931. The molecule has 2 aromatic heterocycles. The number of aryl methyl sites for hydroxylation is 1. The predicted octanol–water partition coefficient (Wildman–Crippen LogP) is 4.09. The van der Waals surface area contributed by atoms with E-state index in [0.717, 1.165) is 5.56 Å². The average molecular weight is 375 g/mol. The van der Waals surface area contributed by atoms with Crippen LogP contribution >= 0.6 is 22.7 Å². The van der Waals surface area contributed by atoms with E-state index >= 15 is 0 Å². The molecule has 3 rings (SSSR count). The number of anilines is 2. The molecule has 5 nitrogen and oxygen atoms in total. The maximum Gasteiger partial charge on any atom is 0.267 e. The Labute approximate surface area is 151 Å². The fraction of sp³-hybridized carbons (Fsp3) is 0.118. The van der Waals surface area contributed by atoms with E-state index in [1.165, 1.54) is 34.8 Å². The zero-order valence-electron chi connectivity index (χ0n) is 13.2. The van der Waals surface area contributed by atoms with Gasteiger partial charge in [0, 0.05) is 11.1 Å². The van der Waals surface area contributed by atoms with Gasteiger partial charge < -0.3 is 5.32 Å². The molecule has 3 aromatic rings. The molecule has 0 atom stereocenters. The number of carbonyl (C=O) groups is 2. The van der Waals surface area contributed by atoms with Crippen LogP contribution in [0.3, 0.4) is 0 Å². The van der Waals surface area contributed by atoms with Gasteiger partial charge in [0.15, 0.2) is 5.13 Å². The van der Waals surface area contributed by atoms with E-state index in [9.17, 15) is 14.0 Å². The summed E-state index contributed by atoms with van der Waals surface area (Å²) in [7, 11) is 0. The van der Waals surface area contributed by atoms with E-state index in [1.807, 2.05) is 5.38 Å². The number of carbonyl (C=O) groups excluding carboxylic acids is 2. The summed E-state index contributed by atoms with van der Waals surface area (Å²) >= 11 is 2.59. The zero-order chi connectivity index (χ0) is 17.8. The Bertz CT molecular complexity index is 907. The molecule has 0 bridgehead atoms. The second kappa shape index (κ2) is 7.54. The highest BCUT2D eigenvalue weighted by molar-refractivity contribution is 7.14. The number of aromatic nitrogens is 1. The van der Waals surface area contributed by atoms with Crippen molar-refractivity contribution in [2.75, 3.05) is 10.6 Å². The fourth-order valence-corrected chi connectivity index (χ4v) is 3.42. The number of nitrogens with one attached hydrogen (secondary N) is 2. The summed E-state index contributed by atoms with van der Waals surface area (Å²) in [5, 5.41) is 9.34. The average Bonchev–Trinajstić information content (AvgIpc) is 3.23. The van der Waals surface area contributed by atoms with Crippen LogP contribution in [0, 0.1) is 12.7 Å². The van der Waals surface area contributed by atoms with Gasteiger partial charge in [-0.2, -0.15) is 0 Å². The standard InChI is InChI=1S/C17H14FN3O2S2/c1-10-4-5-11(18)7-13(10)20-15(22)8-12-9-25-17(19-12)21-16(23)14-3-2-6-24-14/h2-7,9H,8H2,1H3,(H,20,22)(H,19,21,23). The first-order valence-electron chi connectivity index (χ1n) is 7.36. The van der Waals surface area contributed by atoms with Gasteiger partial charge in [-0.05, 0) is 36.1 Å². The van der Waals surface area contributed by atoms with Crippen molar-refractivity contribution in [3.8, 4) is 0 Å². The second-order valence-electron chi connectivity index (χ2n) is 5.26. The maximum atomic E-state index is 13.3. The number of nitrogens with zero attached hydrogens (tertiary/aromatic N) is 1. The van der Waals surface area contributed by atoms with Crippen molar-refractivity contribution in [3.63, 3.8) is 0 Å². The molecule has 0 aliphatic rings. The highest BCUT2D eigenvalue weighted by Gasteiger charge is 2.12. The first-order valence-corrected chi connectivity index (χ1v) is 9.12. The summed E-state index contributed by atoms with van der Waals surface area (Å²) in [4.78, 5) is 28.9. The molecule has 0 saturated heterocycles. The molecule has 2 N–H and O–H groups in total. The molecular formula is C17H14FN3O2S2. The minimum Gasteiger partial charge on any atom is -0.325 e. The van der Waals surface area contributed by atoms with Crippen LogP contribution < -0.4 is 10.6 Å². The van der Waals surface area contributed by atoms with Gasteiger partial charge in [-0.1, -0.05) is 12.1 Å². The summed E-state index contributed by atoms with van der Waals surface area (Å²) in [6.07, 6.45) is 0.0430. The van der Waals surface area contributed by atoms with Gasteiger partial charge in [-0.25, -0.2) is 9.37 Å². The third-order valence-electron chi connectivity index (χ3n) is 3.33. The molecule has 0 aliphatic carbocycles. The maximum absolute atomic E-state index is 13.3. The first-order chi connectivity index (χ1) is 12.0. The van der Waals surface area contributed by atoms with Crippen LogP contribution in [0.25, 0.3) is 0 Å². The number of benzene rings is 1. The second-order valence-corrected chi connectivity index (χ2v) is 7.07. The largest absolute Gasteiger partial charge is 0.325 e. The normalized spacial score (nSPS) is 10.5. The third-order valence-corrected chi connectivity index (χ3v) is 5.01. The first kappa shape index (κ1) is 17.2. The molecular weight excluding hydrogens is 361 g/mol. The monoisotopic (exact) mass is 375 g/mol. The number of thiazole rings is 1. The Kier molecular flexibility index (Phi) is 5.20. The third kappa shape index (κ3) is 4.49. The molecule has 2 heterocycles. The minimum absolute atomic E-state index is 0.0430. The van der Waals surface area contributed by atoms with Crippen molar-refractivity contribution in [1.29, 1.82) is 0 Å². The van der Waals surface area contributed by atoms with Crippen LogP contribution in [0.15, 0.2) is 41.1 Å². The van der Waals surface area contributed by atoms with E-state index in [4.69, 9.17) is 0 Å². The van der Waals surface area contributed by atoms with E-state index < -0.39 is 5.82 Å². The lowest BCUT2D eigenvalue weighted by molar-refractivity contribution is -0.115. The number of amides is 2. The van der Waals surface area contributed by atoms with E-state index in [1.54, 1.807) is 30.5 Å². The SMILES string of the molecule is Cc1ccc(F)cc1NC(=O)Cc1csc(NC(=O)c2cccs2)n1. The highest BCUT2D eigenvalue weighted by atomic mass is 32.1. The van der Waals surface area contributed by atoms with Crippen LogP contribution in [-0.2, 0) is 11.2 Å². The lowest BCUT2D eigenvalue weighted by Gasteiger charge is -2.07. The Hall–Kier alpha value is -2.58. The number of hydrogen-bond acceptors (Lipinski definition) is 5. The fourth-order valence-electron chi connectivity index (χ4n) is 2.10. The lowest BCUT2D eigenvalue weighted by Crippen LogP contribution is -2.16. The lowest BCUT2D eigenvalue weighted by atomic mass is 10.2. The van der Waals surface area contributed by atoms with Crippen LogP contribution in [-0.4, -0.2) is 16.8 Å². The molecule has 0 aliphatic heterocycles. The highest BCUT2D eigenvalue weighted by Crippen LogP contribution is 2.20. The van der Waals surface area contributed by atoms with Gasteiger partial charge in [0.1, 0.15) is 5.82 Å². The van der Waals surface area contributed by atoms with E-state index in [2.05, 4.69) is 15.6 Å². The van der Waals surface area contributed by atoms with Crippen molar-refractivity contribution < 1.29 is 14.0 Å². The predicted molar refractivity (Wildman–Crippen MR) is 97.9 cm³/mol. The van der Waals surface area contributed by atoms with Crippen molar-refractivity contribution >= 4 is 45.3 Å². The topological polar surface area (TPSA) is 71.1 Å². The Morgan fingerprint density at radius 1 is 1.20 bits per heavy atom. The summed E-state index contributed by atoms with van der Waals surface area (Å²) in [5.41, 5.74) is 1.75. The molecule has 0 saturated carbocycles. The van der Waals surface area contributed by atoms with Crippen LogP contribution in [0.4, 0.5) is 15.2 Å². The van der Waals surface area contributed by atoms with Crippen LogP contribution in [0.5, 0.6) is 0 Å². The van der Waals surface area contributed by atoms with Gasteiger partial charge in [0.25, 0.3) is 5.91 Å². The molecule has 0 radical (unpaired) electrons. The van der Waals surface area contributed by atoms with E-state index in [0.29, 0.717) is 21.4 Å². The van der Waals surface area contributed by atoms with Crippen molar-refractivity contribution in [3.05, 3.63) is 63.0 Å². The van der Waals surface area contributed by atoms with Crippen LogP contribution in [0.2, 0.25) is 0 Å². The van der Waals surface area contributed by atoms with Gasteiger partial charge in [0.2, 0.25) is 5.91 Å². The number of thiophene rings is 1. The Morgan fingerprint density at radius 3 is 2.80 bits per heavy atom. The van der Waals surface area contributed by atoms with Crippen molar-refractivity contribution in [2.24, 2.45) is 0 Å². The van der Waals surface area contributed by atoms with Crippen molar-refractivity contribution in [2.45, 2.75) is 13.3 Å². The minimum atomic E-state index is -0.409. The summed E-state index contributed by atoms with van der Waals surface area (Å²) < 4.78 is 13.3. The van der Waals surface area contributed by atoms with Crippen molar-refractivity contribution in [1.82, 2.24) is 4.98 Å². The van der Waals surface area contributed by atoms with Gasteiger partial charge in [-0.15, -0.1) is 22.7 Å². The van der Waals surface area contributed by atoms with Gasteiger partial charge in [0.05, 0.1) is 17.0 Å². The molecule has 1 aromatic carbocycles. The number of rotatable bonds is 5. The molecule has 0 fully saturated rings. The molecule has 128 valence electrons. The summed E-state index contributed by atoms with van der Waals surface area (Å²) in [6.45, 7) is 1.79. The van der Waals surface area contributed by atoms with E-state index in [-0.39, 0.29) is 18.2 Å². The number of halogens is 1. The molecule has 0 spiro atoms.